The van der Waals surface area contributed by atoms with Crippen molar-refractivity contribution in [3.8, 4) is 0 Å². The molecule has 88 valence electrons. The van der Waals surface area contributed by atoms with E-state index in [1.807, 2.05) is 0 Å². The van der Waals surface area contributed by atoms with E-state index in [-0.39, 0.29) is 66.2 Å². The molecule has 30 N–H and O–H groups in total. The Labute approximate surface area is 67.5 Å². The fraction of sp³-hybridized carbons (Fsp3) is 0. The molecule has 0 aliphatic carbocycles. The first-order valence-corrected chi connectivity index (χ1v) is 0. The van der Waals surface area contributed by atoms with Gasteiger partial charge in [0.2, 0.25) is 0 Å². The van der Waals surface area contributed by atoms with Crippen LogP contribution in [0.25, 0.3) is 0 Å². The summed E-state index contributed by atoms with van der Waals surface area (Å²) in [5.74, 6) is 0. The smallest absolute Gasteiger partial charge is 0.269 e. The van der Waals surface area contributed by atoms with Gasteiger partial charge in [0.05, 0.1) is 0 Å². The standard InChI is InChI=1S/FH.10H3N/h1H;10*1H3. The van der Waals surface area contributed by atoms with Gasteiger partial charge in [0.25, 0.3) is 0 Å². The lowest BCUT2D eigenvalue weighted by Gasteiger charge is -0.345. The van der Waals surface area contributed by atoms with Crippen LogP contribution in [0.4, 0.5) is 4.70 Å². The first-order chi connectivity index (χ1) is 0. The molecule has 0 aliphatic heterocycles. The fourth-order valence-electron chi connectivity index (χ4n) is 0. The maximum Gasteiger partial charge on any atom is -0.269 e. The first kappa shape index (κ1) is 4330. The summed E-state index contributed by atoms with van der Waals surface area (Å²) in [6.07, 6.45) is 0. The number of hydrogen-bond acceptors (Lipinski definition) is 10. The Hall–Kier alpha value is -0.470. The molecule has 0 aromatic carbocycles. The summed E-state index contributed by atoms with van der Waals surface area (Å²) in [4.78, 5) is 0. The molecule has 0 radical (unpaired) electrons. The monoisotopic (exact) mass is 190 g/mol. The van der Waals surface area contributed by atoms with Gasteiger partial charge in [0.15, 0.2) is 0 Å². The lowest BCUT2D eigenvalue weighted by Crippen LogP contribution is -0.482. The van der Waals surface area contributed by atoms with E-state index < -0.39 is 0 Å². The average Bonchev–Trinajstić information content (AvgIpc) is 0. The molecule has 0 amide bonds. The van der Waals surface area contributed by atoms with Crippen molar-refractivity contribution >= 4 is 0 Å². The van der Waals surface area contributed by atoms with Gasteiger partial charge >= 0.3 is 0 Å². The van der Waals surface area contributed by atoms with Crippen LogP contribution in [0.3, 0.4) is 0 Å². The molecule has 0 saturated carbocycles. The maximum absolute atomic E-state index is 0. The molecule has 0 spiro atoms. The minimum atomic E-state index is 0. The predicted molar refractivity (Wildman–Crippen MR) is 52.7 cm³/mol. The van der Waals surface area contributed by atoms with E-state index in [1.54, 1.807) is 0 Å². The molecule has 0 heterocycles. The Morgan fingerprint density at radius 3 is 0.182 bits per heavy atom. The van der Waals surface area contributed by atoms with E-state index in [2.05, 4.69) is 0 Å². The van der Waals surface area contributed by atoms with Gasteiger partial charge in [-0.25, -0.2) is 0 Å². The van der Waals surface area contributed by atoms with Crippen molar-refractivity contribution in [1.82, 2.24) is 61.5 Å². The third kappa shape index (κ3) is 2450. The van der Waals surface area contributed by atoms with E-state index in [0.717, 1.165) is 0 Å². The van der Waals surface area contributed by atoms with Crippen LogP contribution in [0.15, 0.2) is 0 Å². The molecular weight excluding hydrogens is 159 g/mol. The highest BCUT2D eigenvalue weighted by Gasteiger charge is -0.269. The Bertz CT molecular complexity index is 4.83. The van der Waals surface area contributed by atoms with E-state index >= 15 is 0 Å². The zero-order valence-electron chi connectivity index (χ0n) is 7.48. The third-order valence-corrected chi connectivity index (χ3v) is 0. The first-order valence-electron chi connectivity index (χ1n) is 0. The van der Waals surface area contributed by atoms with Gasteiger partial charge in [-0.05, 0) is 0 Å². The summed E-state index contributed by atoms with van der Waals surface area (Å²) in [5, 5.41) is 0. The third-order valence-electron chi connectivity index (χ3n) is 0. The number of hydrogen-bond donors (Lipinski definition) is 10. The quantitative estimate of drug-likeness (QED) is 0.263. The van der Waals surface area contributed by atoms with Gasteiger partial charge in [-0.3, -0.25) is 4.70 Å². The molecule has 0 aliphatic rings. The molecule has 0 fully saturated rings. The molecular formula is H31FN10. The topological polar surface area (TPSA) is 350 Å². The van der Waals surface area contributed by atoms with Crippen LogP contribution in [0.1, 0.15) is 0 Å². The number of rotatable bonds is 0. The highest BCUT2D eigenvalue weighted by molar-refractivity contribution is 2.14. The second kappa shape index (κ2) is 3140. The van der Waals surface area contributed by atoms with Crippen LogP contribution in [-0.4, -0.2) is 0 Å². The molecule has 0 aromatic rings. The van der Waals surface area contributed by atoms with Gasteiger partial charge in [0, 0.05) is 0 Å². The normalized spacial score (nSPS) is 0. The second-order valence-electron chi connectivity index (χ2n) is 0. The maximum atomic E-state index is 0. The minimum Gasteiger partial charge on any atom is -0.344 e. The molecule has 0 saturated heterocycles. The van der Waals surface area contributed by atoms with Crippen LogP contribution in [-0.2, 0) is 0 Å². The summed E-state index contributed by atoms with van der Waals surface area (Å²) in [7, 11) is 0. The zero-order chi connectivity index (χ0) is 0. The Balaban J connectivity index is 0. The highest BCUT2D eigenvalue weighted by Crippen LogP contribution is 0.420. The zero-order valence-corrected chi connectivity index (χ0v) is 7.48. The van der Waals surface area contributed by atoms with Crippen molar-refractivity contribution in [3.63, 3.8) is 0 Å². The second-order valence-corrected chi connectivity index (χ2v) is 0. The molecule has 0 unspecified atom stereocenters. The van der Waals surface area contributed by atoms with Crippen molar-refractivity contribution in [2.45, 2.75) is 0 Å². The summed E-state index contributed by atoms with van der Waals surface area (Å²) >= 11 is 0. The Kier molecular flexibility index (Phi) is 1240000. The van der Waals surface area contributed by atoms with Crippen molar-refractivity contribution in [1.29, 1.82) is 0 Å². The average molecular weight is 190 g/mol. The minimum absolute atomic E-state index is 0. The number of halogens is 1. The molecule has 0 aromatic heterocycles. The van der Waals surface area contributed by atoms with E-state index in [4.69, 9.17) is 0 Å². The van der Waals surface area contributed by atoms with Crippen LogP contribution >= 0.6 is 0 Å². The van der Waals surface area contributed by atoms with Crippen LogP contribution in [0.2, 0.25) is 0 Å². The van der Waals surface area contributed by atoms with Gasteiger partial charge in [-0.2, -0.15) is 0 Å². The Morgan fingerprint density at radius 1 is 0.182 bits per heavy atom. The van der Waals surface area contributed by atoms with Gasteiger partial charge in [-0.15, -0.1) is 0 Å². The summed E-state index contributed by atoms with van der Waals surface area (Å²) < 4.78 is 0. The highest BCUT2D eigenvalue weighted by atomic mass is 19.0. The van der Waals surface area contributed by atoms with E-state index in [0.29, 0.717) is 0 Å². The molecule has 10 nitrogen and oxygen atoms in total. The SMILES string of the molecule is F.N.N.N.N.N.N.N.N.N.N. The lowest BCUT2D eigenvalue weighted by molar-refractivity contribution is 1.11. The predicted octanol–water partition coefficient (Wildman–Crippen LogP) is 1.77. The van der Waals surface area contributed by atoms with Crippen molar-refractivity contribution in [2.75, 3.05) is 0 Å². The lowest BCUT2D eigenvalue weighted by atomic mass is 14.0. The van der Waals surface area contributed by atoms with Crippen LogP contribution in [0, 0.1) is 0 Å². The van der Waals surface area contributed by atoms with Crippen LogP contribution in [0.5, 0.6) is 0 Å². The van der Waals surface area contributed by atoms with Gasteiger partial charge < -0.3 is 61.5 Å². The molecule has 0 rings (SSSR count). The van der Waals surface area contributed by atoms with Crippen molar-refractivity contribution in [2.24, 2.45) is 0 Å². The van der Waals surface area contributed by atoms with Gasteiger partial charge in [-0.1, -0.05) is 0 Å². The fourth-order valence-corrected chi connectivity index (χ4v) is 0. The van der Waals surface area contributed by atoms with E-state index in [1.165, 1.54) is 0 Å². The summed E-state index contributed by atoms with van der Waals surface area (Å²) in [6.45, 7) is 0. The Morgan fingerprint density at radius 2 is 0.182 bits per heavy atom. The van der Waals surface area contributed by atoms with Crippen LogP contribution < -0.4 is 61.5 Å². The van der Waals surface area contributed by atoms with Crippen molar-refractivity contribution in [3.05, 3.63) is 0 Å². The summed E-state index contributed by atoms with van der Waals surface area (Å²) in [6, 6.07) is 0. The van der Waals surface area contributed by atoms with Gasteiger partial charge in [0.1, 0.15) is 0 Å². The summed E-state index contributed by atoms with van der Waals surface area (Å²) in [5.41, 5.74) is 0. The van der Waals surface area contributed by atoms with E-state index in [9.17, 15) is 0 Å². The molecule has 0 bridgehead atoms. The molecule has 0 atom stereocenters. The molecule has 11 heteroatoms. The molecule has 11 heavy (non-hydrogen) atoms. The van der Waals surface area contributed by atoms with Crippen molar-refractivity contribution < 1.29 is 4.70 Å². The largest absolute Gasteiger partial charge is 0.344 e.